The molecule has 0 spiro atoms. The molecular weight excluding hydrogens is 387 g/mol. The van der Waals surface area contributed by atoms with Crippen LogP contribution < -0.4 is 0 Å². The molecule has 3 heteroatoms. The van der Waals surface area contributed by atoms with Gasteiger partial charge in [-0.05, 0) is 42.0 Å². The summed E-state index contributed by atoms with van der Waals surface area (Å²) in [5.41, 5.74) is 2.64. The molecule has 0 radical (unpaired) electrons. The molecule has 0 aliphatic carbocycles. The van der Waals surface area contributed by atoms with Gasteiger partial charge in [0.05, 0.1) is 0 Å². The van der Waals surface area contributed by atoms with Gasteiger partial charge in [-0.3, -0.25) is 0 Å². The molecule has 0 saturated heterocycles. The Bertz CT molecular complexity index is 492. The molecule has 0 N–H and O–H groups in total. The van der Waals surface area contributed by atoms with Crippen LogP contribution in [0, 0.1) is 5.92 Å². The molecule has 0 saturated carbocycles. The first-order valence-corrected chi connectivity index (χ1v) is 8.35. The van der Waals surface area contributed by atoms with E-state index in [0.717, 1.165) is 21.8 Å². The zero-order valence-corrected chi connectivity index (χ0v) is 14.4. The number of hydrogen-bond acceptors (Lipinski definition) is 0. The summed E-state index contributed by atoms with van der Waals surface area (Å²) in [5.74, 6) is 1.11. The van der Waals surface area contributed by atoms with E-state index in [1.807, 2.05) is 12.1 Å². The summed E-state index contributed by atoms with van der Waals surface area (Å²) < 4.78 is 2.33. The molecule has 0 aromatic heterocycles. The van der Waals surface area contributed by atoms with E-state index in [-0.39, 0.29) is 0 Å². The van der Waals surface area contributed by atoms with Crippen molar-refractivity contribution in [2.75, 3.05) is 5.88 Å². The van der Waals surface area contributed by atoms with E-state index >= 15 is 0 Å². The Labute approximate surface area is 136 Å². The quantitative estimate of drug-likeness (QED) is 0.550. The summed E-state index contributed by atoms with van der Waals surface area (Å²) in [5, 5.41) is 0. The van der Waals surface area contributed by atoms with Gasteiger partial charge in [-0.15, -0.1) is 11.6 Å². The number of halogens is 3. The van der Waals surface area contributed by atoms with Crippen molar-refractivity contribution in [3.63, 3.8) is 0 Å². The SMILES string of the molecule is ClCC(Cc1ccccc1Br)Cc1ccccc1Br. The van der Waals surface area contributed by atoms with Gasteiger partial charge in [-0.25, -0.2) is 0 Å². The van der Waals surface area contributed by atoms with Gasteiger partial charge in [-0.2, -0.15) is 0 Å². The predicted molar refractivity (Wildman–Crippen MR) is 89.9 cm³/mol. The lowest BCUT2D eigenvalue weighted by molar-refractivity contribution is 0.581. The maximum Gasteiger partial charge on any atom is 0.0258 e. The second kappa shape index (κ2) is 7.47. The monoisotopic (exact) mass is 400 g/mol. The van der Waals surface area contributed by atoms with Crippen molar-refractivity contribution in [2.45, 2.75) is 12.8 Å². The highest BCUT2D eigenvalue weighted by molar-refractivity contribution is 9.10. The number of alkyl halides is 1. The lowest BCUT2D eigenvalue weighted by atomic mass is 9.94. The maximum absolute atomic E-state index is 6.14. The van der Waals surface area contributed by atoms with E-state index in [2.05, 4.69) is 68.3 Å². The minimum absolute atomic E-state index is 0.444. The third-order valence-electron chi connectivity index (χ3n) is 3.15. The summed E-state index contributed by atoms with van der Waals surface area (Å²) in [6.07, 6.45) is 1.98. The third-order valence-corrected chi connectivity index (χ3v) is 5.13. The van der Waals surface area contributed by atoms with Crippen LogP contribution in [0.1, 0.15) is 11.1 Å². The van der Waals surface area contributed by atoms with Crippen molar-refractivity contribution in [3.05, 3.63) is 68.6 Å². The van der Waals surface area contributed by atoms with E-state index in [0.29, 0.717) is 11.8 Å². The number of rotatable bonds is 5. The van der Waals surface area contributed by atoms with Gasteiger partial charge in [0, 0.05) is 14.8 Å². The molecule has 0 atom stereocenters. The van der Waals surface area contributed by atoms with Gasteiger partial charge in [0.15, 0.2) is 0 Å². The predicted octanol–water partition coefficient (Wildman–Crippen LogP) is 5.85. The van der Waals surface area contributed by atoms with Crippen molar-refractivity contribution >= 4 is 43.5 Å². The molecule has 0 aliphatic rings. The normalized spacial score (nSPS) is 10.9. The zero-order valence-electron chi connectivity index (χ0n) is 10.5. The second-order valence-electron chi connectivity index (χ2n) is 4.61. The molecule has 2 rings (SSSR count). The minimum atomic E-state index is 0.444. The molecule has 0 nitrogen and oxygen atoms in total. The van der Waals surface area contributed by atoms with E-state index < -0.39 is 0 Å². The highest BCUT2D eigenvalue weighted by Crippen LogP contribution is 2.25. The average Bonchev–Trinajstić information content (AvgIpc) is 2.42. The van der Waals surface area contributed by atoms with E-state index in [9.17, 15) is 0 Å². The topological polar surface area (TPSA) is 0 Å². The van der Waals surface area contributed by atoms with E-state index in [1.54, 1.807) is 0 Å². The smallest absolute Gasteiger partial charge is 0.0258 e. The number of benzene rings is 2. The Morgan fingerprint density at radius 3 is 1.58 bits per heavy atom. The molecule has 0 fully saturated rings. The highest BCUT2D eigenvalue weighted by atomic mass is 79.9. The first-order valence-electron chi connectivity index (χ1n) is 6.23. The Morgan fingerprint density at radius 2 is 1.21 bits per heavy atom. The Morgan fingerprint density at radius 1 is 0.789 bits per heavy atom. The average molecular weight is 403 g/mol. The fourth-order valence-corrected chi connectivity index (χ4v) is 3.24. The largest absolute Gasteiger partial charge is 0.126 e. The molecule has 0 unspecified atom stereocenters. The molecule has 2 aromatic carbocycles. The van der Waals surface area contributed by atoms with Crippen LogP contribution in [-0.4, -0.2) is 5.88 Å². The van der Waals surface area contributed by atoms with Crippen molar-refractivity contribution in [1.82, 2.24) is 0 Å². The van der Waals surface area contributed by atoms with E-state index in [4.69, 9.17) is 11.6 Å². The van der Waals surface area contributed by atoms with Crippen LogP contribution in [0.15, 0.2) is 57.5 Å². The van der Waals surface area contributed by atoms with Gasteiger partial charge in [0.1, 0.15) is 0 Å². The fraction of sp³-hybridized carbons (Fsp3) is 0.250. The van der Waals surface area contributed by atoms with Crippen LogP contribution in [-0.2, 0) is 12.8 Å². The molecule has 19 heavy (non-hydrogen) atoms. The van der Waals surface area contributed by atoms with Crippen molar-refractivity contribution in [1.29, 1.82) is 0 Å². The first-order chi connectivity index (χ1) is 9.20. The van der Waals surface area contributed by atoms with Crippen LogP contribution in [0.2, 0.25) is 0 Å². The standard InChI is InChI=1S/C16H15Br2Cl/c17-15-7-3-1-5-13(15)9-12(11-19)10-14-6-2-4-8-16(14)18/h1-8,12H,9-11H2. The number of hydrogen-bond donors (Lipinski definition) is 0. The van der Waals surface area contributed by atoms with Gasteiger partial charge < -0.3 is 0 Å². The van der Waals surface area contributed by atoms with E-state index in [1.165, 1.54) is 11.1 Å². The zero-order chi connectivity index (χ0) is 13.7. The van der Waals surface area contributed by atoms with Crippen molar-refractivity contribution in [2.24, 2.45) is 5.92 Å². The first kappa shape index (κ1) is 15.1. The molecule has 0 bridgehead atoms. The molecular formula is C16H15Br2Cl. The molecule has 2 aromatic rings. The third kappa shape index (κ3) is 4.34. The van der Waals surface area contributed by atoms with Crippen LogP contribution in [0.25, 0.3) is 0 Å². The van der Waals surface area contributed by atoms with Gasteiger partial charge in [0.2, 0.25) is 0 Å². The van der Waals surface area contributed by atoms with Gasteiger partial charge in [-0.1, -0.05) is 68.3 Å². The summed E-state index contributed by atoms with van der Waals surface area (Å²) in [6, 6.07) is 16.7. The Kier molecular flexibility index (Phi) is 5.93. The van der Waals surface area contributed by atoms with Crippen molar-refractivity contribution < 1.29 is 0 Å². The van der Waals surface area contributed by atoms with Gasteiger partial charge in [0.25, 0.3) is 0 Å². The molecule has 0 aliphatic heterocycles. The fourth-order valence-electron chi connectivity index (χ4n) is 2.13. The molecule has 100 valence electrons. The van der Waals surface area contributed by atoms with Gasteiger partial charge >= 0.3 is 0 Å². The van der Waals surface area contributed by atoms with Crippen LogP contribution >= 0.6 is 43.5 Å². The minimum Gasteiger partial charge on any atom is -0.126 e. The molecule has 0 amide bonds. The maximum atomic E-state index is 6.14. The lowest BCUT2D eigenvalue weighted by Crippen LogP contribution is -2.11. The van der Waals surface area contributed by atoms with Crippen molar-refractivity contribution in [3.8, 4) is 0 Å². The van der Waals surface area contributed by atoms with Crippen LogP contribution in [0.4, 0.5) is 0 Å². The van der Waals surface area contributed by atoms with Crippen LogP contribution in [0.5, 0.6) is 0 Å². The second-order valence-corrected chi connectivity index (χ2v) is 6.63. The summed E-state index contributed by atoms with van der Waals surface area (Å²) >= 11 is 13.3. The summed E-state index contributed by atoms with van der Waals surface area (Å²) in [7, 11) is 0. The Hall–Kier alpha value is -0.310. The summed E-state index contributed by atoms with van der Waals surface area (Å²) in [4.78, 5) is 0. The lowest BCUT2D eigenvalue weighted by Gasteiger charge is -2.16. The highest BCUT2D eigenvalue weighted by Gasteiger charge is 2.12. The van der Waals surface area contributed by atoms with Crippen LogP contribution in [0.3, 0.4) is 0 Å². The Balaban J connectivity index is 2.09. The summed E-state index contributed by atoms with van der Waals surface area (Å²) in [6.45, 7) is 0. The molecule has 0 heterocycles.